The van der Waals surface area contributed by atoms with Crippen molar-refractivity contribution in [3.8, 4) is 0 Å². The van der Waals surface area contributed by atoms with Gasteiger partial charge in [0, 0.05) is 32.5 Å². The maximum absolute atomic E-state index is 4.17. The van der Waals surface area contributed by atoms with E-state index in [-0.39, 0.29) is 0 Å². The van der Waals surface area contributed by atoms with Crippen molar-refractivity contribution >= 4 is 11.4 Å². The summed E-state index contributed by atoms with van der Waals surface area (Å²) in [6.45, 7) is 8.70. The highest BCUT2D eigenvalue weighted by Crippen LogP contribution is 2.27. The van der Waals surface area contributed by atoms with E-state index in [1.54, 1.807) is 0 Å². The van der Waals surface area contributed by atoms with Gasteiger partial charge in [0.2, 0.25) is 0 Å². The van der Waals surface area contributed by atoms with Crippen molar-refractivity contribution in [2.45, 2.75) is 32.6 Å². The Hall–Kier alpha value is -2.22. The highest BCUT2D eigenvalue weighted by molar-refractivity contribution is 5.62. The average molecular weight is 322 g/mol. The standard InChI is InChI=1S/C22H30N2/c1-7-16(2)19-11-12-22(23-4)21(15-19)14-18-9-8-10-20(13-18)17(3)24(5)6/h8-13,15-16,23H,3,7,14H2,1-2,4-6H3. The summed E-state index contributed by atoms with van der Waals surface area (Å²) in [6.07, 6.45) is 2.09. The molecule has 128 valence electrons. The SMILES string of the molecule is C=C(c1cccc(Cc2cc(C(C)CC)ccc2NC)c1)N(C)C. The monoisotopic (exact) mass is 322 g/mol. The van der Waals surface area contributed by atoms with Gasteiger partial charge in [-0.2, -0.15) is 0 Å². The van der Waals surface area contributed by atoms with Crippen LogP contribution in [0.15, 0.2) is 49.0 Å². The number of anilines is 1. The second kappa shape index (κ2) is 8.05. The molecule has 0 heterocycles. The predicted octanol–water partition coefficient (Wildman–Crippen LogP) is 5.36. The number of hydrogen-bond donors (Lipinski definition) is 1. The first-order valence-corrected chi connectivity index (χ1v) is 8.72. The molecule has 2 rings (SSSR count). The molecule has 0 saturated heterocycles. The van der Waals surface area contributed by atoms with Crippen LogP contribution in [0.4, 0.5) is 5.69 Å². The summed E-state index contributed by atoms with van der Waals surface area (Å²) in [5.41, 5.74) is 7.51. The summed E-state index contributed by atoms with van der Waals surface area (Å²) in [6, 6.07) is 15.5. The summed E-state index contributed by atoms with van der Waals surface area (Å²) in [5.74, 6) is 0.592. The van der Waals surface area contributed by atoms with Crippen LogP contribution in [0.3, 0.4) is 0 Å². The lowest BCUT2D eigenvalue weighted by Crippen LogP contribution is -2.09. The molecule has 24 heavy (non-hydrogen) atoms. The Morgan fingerprint density at radius 3 is 2.54 bits per heavy atom. The Morgan fingerprint density at radius 1 is 1.17 bits per heavy atom. The molecule has 2 heteroatoms. The zero-order chi connectivity index (χ0) is 17.7. The normalized spacial score (nSPS) is 11.9. The fourth-order valence-electron chi connectivity index (χ4n) is 2.88. The number of benzene rings is 2. The zero-order valence-electron chi connectivity index (χ0n) is 15.7. The van der Waals surface area contributed by atoms with Crippen LogP contribution in [0.1, 0.15) is 48.4 Å². The van der Waals surface area contributed by atoms with Gasteiger partial charge in [0.25, 0.3) is 0 Å². The van der Waals surface area contributed by atoms with Crippen LogP contribution in [0.25, 0.3) is 5.70 Å². The molecule has 1 atom stereocenters. The van der Waals surface area contributed by atoms with Gasteiger partial charge < -0.3 is 10.2 Å². The van der Waals surface area contributed by atoms with E-state index in [0.717, 1.165) is 18.5 Å². The number of hydrogen-bond acceptors (Lipinski definition) is 2. The fraction of sp³-hybridized carbons (Fsp3) is 0.364. The first-order chi connectivity index (χ1) is 11.5. The quantitative estimate of drug-likeness (QED) is 0.737. The summed E-state index contributed by atoms with van der Waals surface area (Å²) in [7, 11) is 6.06. The molecule has 0 bridgehead atoms. The van der Waals surface area contributed by atoms with Gasteiger partial charge in [0.1, 0.15) is 0 Å². The maximum atomic E-state index is 4.17. The molecule has 0 spiro atoms. The van der Waals surface area contributed by atoms with Crippen LogP contribution in [-0.2, 0) is 6.42 Å². The van der Waals surface area contributed by atoms with Crippen LogP contribution < -0.4 is 5.32 Å². The lowest BCUT2D eigenvalue weighted by atomic mass is 9.93. The van der Waals surface area contributed by atoms with E-state index >= 15 is 0 Å². The van der Waals surface area contributed by atoms with Gasteiger partial charge in [-0.1, -0.05) is 50.8 Å². The van der Waals surface area contributed by atoms with Crippen LogP contribution >= 0.6 is 0 Å². The minimum Gasteiger partial charge on any atom is -0.388 e. The Morgan fingerprint density at radius 2 is 1.92 bits per heavy atom. The Labute approximate surface area is 147 Å². The molecular weight excluding hydrogens is 292 g/mol. The first-order valence-electron chi connectivity index (χ1n) is 8.72. The third kappa shape index (κ3) is 4.19. The molecule has 0 saturated carbocycles. The van der Waals surface area contributed by atoms with E-state index in [0.29, 0.717) is 5.92 Å². The van der Waals surface area contributed by atoms with Crippen molar-refractivity contribution in [1.29, 1.82) is 0 Å². The molecule has 0 aromatic heterocycles. The van der Waals surface area contributed by atoms with Crippen LogP contribution in [0.2, 0.25) is 0 Å². The maximum Gasteiger partial charge on any atom is 0.0373 e. The van der Waals surface area contributed by atoms with E-state index in [1.807, 2.05) is 21.1 Å². The van der Waals surface area contributed by atoms with Crippen molar-refractivity contribution in [3.05, 3.63) is 71.3 Å². The fourth-order valence-corrected chi connectivity index (χ4v) is 2.88. The summed E-state index contributed by atoms with van der Waals surface area (Å²) < 4.78 is 0. The third-order valence-electron chi connectivity index (χ3n) is 4.77. The van der Waals surface area contributed by atoms with Crippen molar-refractivity contribution in [2.75, 3.05) is 26.5 Å². The first kappa shape index (κ1) is 18.1. The molecular formula is C22H30N2. The number of nitrogens with zero attached hydrogens (tertiary/aromatic N) is 1. The van der Waals surface area contributed by atoms with E-state index in [9.17, 15) is 0 Å². The highest BCUT2D eigenvalue weighted by atomic mass is 15.1. The lowest BCUT2D eigenvalue weighted by molar-refractivity contribution is 0.593. The lowest BCUT2D eigenvalue weighted by Gasteiger charge is -2.18. The van der Waals surface area contributed by atoms with Crippen molar-refractivity contribution in [3.63, 3.8) is 0 Å². The van der Waals surface area contributed by atoms with Gasteiger partial charge >= 0.3 is 0 Å². The summed E-state index contributed by atoms with van der Waals surface area (Å²) in [4.78, 5) is 2.06. The zero-order valence-corrected chi connectivity index (χ0v) is 15.7. The van der Waals surface area contributed by atoms with Gasteiger partial charge in [0.05, 0.1) is 0 Å². The largest absolute Gasteiger partial charge is 0.388 e. The highest BCUT2D eigenvalue weighted by Gasteiger charge is 2.09. The molecule has 0 aliphatic carbocycles. The number of rotatable bonds is 7. The second-order valence-corrected chi connectivity index (χ2v) is 6.69. The second-order valence-electron chi connectivity index (χ2n) is 6.69. The smallest absolute Gasteiger partial charge is 0.0373 e. The summed E-state index contributed by atoms with van der Waals surface area (Å²) in [5, 5.41) is 3.33. The van der Waals surface area contributed by atoms with Gasteiger partial charge in [-0.15, -0.1) is 0 Å². The van der Waals surface area contributed by atoms with Crippen molar-refractivity contribution < 1.29 is 0 Å². The molecule has 0 amide bonds. The van der Waals surface area contributed by atoms with Gasteiger partial charge in [-0.3, -0.25) is 0 Å². The van der Waals surface area contributed by atoms with Gasteiger partial charge in [-0.25, -0.2) is 0 Å². The molecule has 0 aliphatic heterocycles. The van der Waals surface area contributed by atoms with Gasteiger partial charge in [0.15, 0.2) is 0 Å². The van der Waals surface area contributed by atoms with E-state index < -0.39 is 0 Å². The van der Waals surface area contributed by atoms with Crippen LogP contribution in [-0.4, -0.2) is 26.0 Å². The molecule has 2 aromatic carbocycles. The van der Waals surface area contributed by atoms with Crippen molar-refractivity contribution in [2.24, 2.45) is 0 Å². The molecule has 1 N–H and O–H groups in total. The molecule has 0 aliphatic rings. The van der Waals surface area contributed by atoms with E-state index in [2.05, 4.69) is 73.1 Å². The molecule has 1 unspecified atom stereocenters. The van der Waals surface area contributed by atoms with Gasteiger partial charge in [-0.05, 0) is 53.1 Å². The molecule has 2 aromatic rings. The Bertz CT molecular complexity index is 701. The molecule has 0 fully saturated rings. The number of nitrogens with one attached hydrogen (secondary N) is 1. The molecule has 0 radical (unpaired) electrons. The third-order valence-corrected chi connectivity index (χ3v) is 4.77. The predicted molar refractivity (Wildman–Crippen MR) is 107 cm³/mol. The minimum atomic E-state index is 0.592. The topological polar surface area (TPSA) is 15.3 Å². The Balaban J connectivity index is 2.33. The molecule has 2 nitrogen and oxygen atoms in total. The van der Waals surface area contributed by atoms with Crippen LogP contribution in [0.5, 0.6) is 0 Å². The van der Waals surface area contributed by atoms with Crippen LogP contribution in [0, 0.1) is 0 Å². The van der Waals surface area contributed by atoms with E-state index in [1.165, 1.54) is 27.9 Å². The average Bonchev–Trinajstić information content (AvgIpc) is 2.60. The summed E-state index contributed by atoms with van der Waals surface area (Å²) >= 11 is 0. The van der Waals surface area contributed by atoms with E-state index in [4.69, 9.17) is 0 Å². The minimum absolute atomic E-state index is 0.592. The Kier molecular flexibility index (Phi) is 6.08. The van der Waals surface area contributed by atoms with Crippen molar-refractivity contribution in [1.82, 2.24) is 4.90 Å².